The predicted molar refractivity (Wildman–Crippen MR) is 121 cm³/mol. The molecule has 0 radical (unpaired) electrons. The van der Waals surface area contributed by atoms with Crippen LogP contribution in [0.3, 0.4) is 0 Å². The second-order valence-electron chi connectivity index (χ2n) is 7.92. The third kappa shape index (κ3) is 7.42. The van der Waals surface area contributed by atoms with E-state index in [4.69, 9.17) is 22.1 Å². The maximum atomic E-state index is 12.4. The normalized spacial score (nSPS) is 12.4. The number of nitrogens with zero attached hydrogens (tertiary/aromatic N) is 4. The van der Waals surface area contributed by atoms with Crippen LogP contribution in [-0.4, -0.2) is 32.6 Å². The lowest BCUT2D eigenvalue weighted by Crippen LogP contribution is -2.21. The summed E-state index contributed by atoms with van der Waals surface area (Å²) in [6.07, 6.45) is 17.5. The average Bonchev–Trinajstić information content (AvgIpc) is 3.14. The number of aromatic nitrogens is 4. The molecule has 7 nitrogen and oxygen atoms in total. The van der Waals surface area contributed by atoms with Crippen LogP contribution in [0, 0.1) is 0 Å². The van der Waals surface area contributed by atoms with Crippen LogP contribution in [0.1, 0.15) is 96.4 Å². The maximum absolute atomic E-state index is 12.4. The number of imidazole rings is 1. The molecule has 2 aromatic heterocycles. The molecule has 0 aromatic carbocycles. The van der Waals surface area contributed by atoms with Crippen molar-refractivity contribution in [3.63, 3.8) is 0 Å². The Labute approximate surface area is 184 Å². The van der Waals surface area contributed by atoms with Gasteiger partial charge in [0.1, 0.15) is 11.6 Å². The number of unbranched alkanes of at least 4 members (excludes halogenated alkanes) is 11. The van der Waals surface area contributed by atoms with Gasteiger partial charge in [-0.05, 0) is 18.0 Å². The van der Waals surface area contributed by atoms with Gasteiger partial charge in [-0.15, -0.1) is 0 Å². The zero-order chi connectivity index (χ0) is 21.8. The highest BCUT2D eigenvalue weighted by Gasteiger charge is 2.24. The molecular weight excluding hydrogens is 402 g/mol. The highest BCUT2D eigenvalue weighted by Crippen LogP contribution is 2.26. The lowest BCUT2D eigenvalue weighted by Gasteiger charge is -2.17. The number of halogens is 1. The molecule has 2 heterocycles. The Kier molecular flexibility index (Phi) is 10.9. The number of hydrogen-bond donors (Lipinski definition) is 1. The number of fused-ring (bicyclic) bond motifs is 1. The van der Waals surface area contributed by atoms with Gasteiger partial charge in [-0.3, -0.25) is 0 Å². The molecule has 0 saturated heterocycles. The molecular formula is C22H36ClN5O2. The van der Waals surface area contributed by atoms with E-state index in [-0.39, 0.29) is 17.1 Å². The van der Waals surface area contributed by atoms with Crippen molar-refractivity contribution in [3.8, 4) is 0 Å². The third-order valence-corrected chi connectivity index (χ3v) is 5.74. The van der Waals surface area contributed by atoms with E-state index in [0.717, 1.165) is 12.8 Å². The Hall–Kier alpha value is -1.89. The molecule has 0 aliphatic rings. The van der Waals surface area contributed by atoms with E-state index in [2.05, 4.69) is 21.9 Å². The van der Waals surface area contributed by atoms with E-state index in [0.29, 0.717) is 17.6 Å². The highest BCUT2D eigenvalue weighted by atomic mass is 35.5. The van der Waals surface area contributed by atoms with Crippen LogP contribution >= 0.6 is 11.6 Å². The van der Waals surface area contributed by atoms with Crippen molar-refractivity contribution in [1.82, 2.24) is 19.5 Å². The van der Waals surface area contributed by atoms with Gasteiger partial charge in [0, 0.05) is 0 Å². The quantitative estimate of drug-likeness (QED) is 0.212. The smallest absolute Gasteiger partial charge is 0.328 e. The summed E-state index contributed by atoms with van der Waals surface area (Å²) in [6.45, 7) is 2.25. The van der Waals surface area contributed by atoms with Crippen molar-refractivity contribution in [2.24, 2.45) is 0 Å². The summed E-state index contributed by atoms with van der Waals surface area (Å²) in [5.74, 6) is -0.0992. The van der Waals surface area contributed by atoms with Gasteiger partial charge in [-0.2, -0.15) is 9.97 Å². The second kappa shape index (κ2) is 13.4. The summed E-state index contributed by atoms with van der Waals surface area (Å²) in [5, 5.41) is 0.0424. The second-order valence-corrected chi connectivity index (χ2v) is 8.26. The average molecular weight is 438 g/mol. The molecule has 2 rings (SSSR count). The molecule has 2 aromatic rings. The zero-order valence-electron chi connectivity index (χ0n) is 18.4. The maximum Gasteiger partial charge on any atom is 0.328 e. The molecule has 0 aliphatic heterocycles. The van der Waals surface area contributed by atoms with E-state index < -0.39 is 6.04 Å². The molecule has 0 aliphatic carbocycles. The van der Waals surface area contributed by atoms with Gasteiger partial charge >= 0.3 is 5.97 Å². The number of nitrogen functional groups attached to an aromatic ring is 1. The molecule has 168 valence electrons. The fourth-order valence-corrected chi connectivity index (χ4v) is 4.04. The molecule has 0 spiro atoms. The Morgan fingerprint density at radius 2 is 1.60 bits per heavy atom. The minimum Gasteiger partial charge on any atom is -0.467 e. The lowest BCUT2D eigenvalue weighted by molar-refractivity contribution is -0.144. The standard InChI is InChI=1S/C22H36ClN5O2/c1-3-4-5-6-7-8-9-10-11-12-13-14-15-17(21(29)30-2)28-16-25-20-18(28)19(24)26-22(23)27-20/h16-17H,3-15H2,1-2H3,(H2,24,26,27). The summed E-state index contributed by atoms with van der Waals surface area (Å²) >= 11 is 5.85. The first-order chi connectivity index (χ1) is 14.6. The topological polar surface area (TPSA) is 95.9 Å². The number of nitrogens with two attached hydrogens (primary N) is 1. The van der Waals surface area contributed by atoms with Crippen molar-refractivity contribution < 1.29 is 9.53 Å². The number of rotatable bonds is 15. The third-order valence-electron chi connectivity index (χ3n) is 5.57. The zero-order valence-corrected chi connectivity index (χ0v) is 19.2. The number of esters is 1. The van der Waals surface area contributed by atoms with Crippen LogP contribution in [0.5, 0.6) is 0 Å². The number of carbonyl (C=O) groups is 1. The van der Waals surface area contributed by atoms with Crippen molar-refractivity contribution in [2.45, 2.75) is 96.4 Å². The molecule has 8 heteroatoms. The summed E-state index contributed by atoms with van der Waals surface area (Å²) < 4.78 is 6.72. The molecule has 0 saturated carbocycles. The number of hydrogen-bond acceptors (Lipinski definition) is 6. The monoisotopic (exact) mass is 437 g/mol. The Bertz CT molecular complexity index is 780. The van der Waals surface area contributed by atoms with Crippen molar-refractivity contribution in [2.75, 3.05) is 12.8 Å². The van der Waals surface area contributed by atoms with Crippen LogP contribution in [-0.2, 0) is 9.53 Å². The summed E-state index contributed by atoms with van der Waals surface area (Å²) in [7, 11) is 1.40. The van der Waals surface area contributed by atoms with Crippen LogP contribution in [0.15, 0.2) is 6.33 Å². The molecule has 0 fully saturated rings. The van der Waals surface area contributed by atoms with E-state index in [1.807, 2.05) is 0 Å². The fourth-order valence-electron chi connectivity index (χ4n) is 3.87. The van der Waals surface area contributed by atoms with Gasteiger partial charge in [0.2, 0.25) is 5.28 Å². The molecule has 0 amide bonds. The highest BCUT2D eigenvalue weighted by molar-refractivity contribution is 6.28. The largest absolute Gasteiger partial charge is 0.467 e. The van der Waals surface area contributed by atoms with Crippen LogP contribution in [0.2, 0.25) is 5.28 Å². The molecule has 30 heavy (non-hydrogen) atoms. The summed E-state index contributed by atoms with van der Waals surface area (Å²) in [5.41, 5.74) is 6.91. The predicted octanol–water partition coefficient (Wildman–Crippen LogP) is 5.87. The van der Waals surface area contributed by atoms with Gasteiger partial charge < -0.3 is 15.0 Å². The van der Waals surface area contributed by atoms with Crippen LogP contribution < -0.4 is 5.73 Å². The molecule has 0 bridgehead atoms. The van der Waals surface area contributed by atoms with Crippen LogP contribution in [0.4, 0.5) is 5.82 Å². The van der Waals surface area contributed by atoms with Crippen molar-refractivity contribution in [1.29, 1.82) is 0 Å². The number of anilines is 1. The number of ether oxygens (including phenoxy) is 1. The minimum absolute atomic E-state index is 0.0424. The van der Waals surface area contributed by atoms with Gasteiger partial charge in [-0.1, -0.05) is 84.0 Å². The van der Waals surface area contributed by atoms with Crippen molar-refractivity contribution in [3.05, 3.63) is 11.6 Å². The van der Waals surface area contributed by atoms with E-state index >= 15 is 0 Å². The van der Waals surface area contributed by atoms with Gasteiger partial charge in [0.25, 0.3) is 0 Å². The first kappa shape index (κ1) is 24.4. The Morgan fingerprint density at radius 3 is 2.17 bits per heavy atom. The fraction of sp³-hybridized carbons (Fsp3) is 0.727. The van der Waals surface area contributed by atoms with E-state index in [1.165, 1.54) is 71.3 Å². The SMILES string of the molecule is CCCCCCCCCCCCCCC(C(=O)OC)n1cnc2nc(Cl)nc(N)c21. The van der Waals surface area contributed by atoms with E-state index in [9.17, 15) is 4.79 Å². The minimum atomic E-state index is -0.491. The Morgan fingerprint density at radius 1 is 1.03 bits per heavy atom. The first-order valence-corrected chi connectivity index (χ1v) is 11.7. The van der Waals surface area contributed by atoms with Gasteiger partial charge in [-0.25, -0.2) is 9.78 Å². The van der Waals surface area contributed by atoms with Crippen LogP contribution in [0.25, 0.3) is 11.2 Å². The van der Waals surface area contributed by atoms with Crippen molar-refractivity contribution >= 4 is 34.6 Å². The number of carbonyl (C=O) groups excluding carboxylic acids is 1. The Balaban J connectivity index is 1.75. The summed E-state index contributed by atoms with van der Waals surface area (Å²) in [6, 6.07) is -0.491. The molecule has 2 N–H and O–H groups in total. The summed E-state index contributed by atoms with van der Waals surface area (Å²) in [4.78, 5) is 24.7. The van der Waals surface area contributed by atoms with Gasteiger partial charge in [0.15, 0.2) is 11.5 Å². The van der Waals surface area contributed by atoms with E-state index in [1.54, 1.807) is 10.9 Å². The molecule has 1 atom stereocenters. The van der Waals surface area contributed by atoms with Gasteiger partial charge in [0.05, 0.1) is 13.4 Å². The first-order valence-electron chi connectivity index (χ1n) is 11.3. The lowest BCUT2D eigenvalue weighted by atomic mass is 10.0. The number of methoxy groups -OCH3 is 1. The molecule has 1 unspecified atom stereocenters.